The smallest absolute Gasteiger partial charge is 0.417 e. The molecule has 13 heavy (non-hydrogen) atoms. The topological polar surface area (TPSA) is 127 Å². The van der Waals surface area contributed by atoms with E-state index in [-0.39, 0.29) is 0 Å². The molecule has 0 aromatic heterocycles. The van der Waals surface area contributed by atoms with Gasteiger partial charge in [-0.1, -0.05) is 0 Å². The minimum absolute atomic E-state index is 0.407. The lowest BCUT2D eigenvalue weighted by molar-refractivity contribution is -0.169. The molecule has 7 heteroatoms. The van der Waals surface area contributed by atoms with Crippen molar-refractivity contribution in [3.8, 4) is 0 Å². The highest BCUT2D eigenvalue weighted by Crippen LogP contribution is 1.97. The van der Waals surface area contributed by atoms with Crippen LogP contribution in [-0.4, -0.2) is 40.8 Å². The molecule has 4 N–H and O–H groups in total. The highest BCUT2D eigenvalue weighted by molar-refractivity contribution is 6.28. The Morgan fingerprint density at radius 3 is 2.23 bits per heavy atom. The molecule has 0 aliphatic carbocycles. The number of carbonyl (C=O) groups excluding carboxylic acids is 2. The lowest BCUT2D eigenvalue weighted by atomic mass is 10.2. The zero-order valence-electron chi connectivity index (χ0n) is 6.60. The Morgan fingerprint density at radius 1 is 1.38 bits per heavy atom. The van der Waals surface area contributed by atoms with E-state index >= 15 is 0 Å². The highest BCUT2D eigenvalue weighted by Gasteiger charge is 2.20. The Hall–Kier alpha value is -1.63. The second-order valence-electron chi connectivity index (χ2n) is 2.19. The number of carboxylic acids is 1. The number of rotatable bonds is 4. The van der Waals surface area contributed by atoms with Crippen molar-refractivity contribution in [2.45, 2.75) is 12.5 Å². The SMILES string of the molecule is NC(=O)CC(CO)OC(=O)C(=O)O. The molecule has 1 amide bonds. The van der Waals surface area contributed by atoms with Gasteiger partial charge in [0.1, 0.15) is 6.10 Å². The summed E-state index contributed by atoms with van der Waals surface area (Å²) in [5, 5.41) is 16.6. The fourth-order valence-electron chi connectivity index (χ4n) is 0.570. The molecule has 0 saturated heterocycles. The first-order valence-electron chi connectivity index (χ1n) is 3.30. The van der Waals surface area contributed by atoms with Gasteiger partial charge in [0.25, 0.3) is 0 Å². The van der Waals surface area contributed by atoms with Gasteiger partial charge < -0.3 is 20.7 Å². The number of aliphatic carboxylic acids is 1. The van der Waals surface area contributed by atoms with Gasteiger partial charge in [-0.15, -0.1) is 0 Å². The van der Waals surface area contributed by atoms with Crippen molar-refractivity contribution in [2.75, 3.05) is 6.61 Å². The fraction of sp³-hybridized carbons (Fsp3) is 0.500. The molecule has 0 aromatic carbocycles. The first-order valence-corrected chi connectivity index (χ1v) is 3.30. The molecule has 1 unspecified atom stereocenters. The quantitative estimate of drug-likeness (QED) is 0.343. The average Bonchev–Trinajstić information content (AvgIpc) is 2.02. The first kappa shape index (κ1) is 11.4. The Balaban J connectivity index is 4.05. The van der Waals surface area contributed by atoms with Crippen molar-refractivity contribution < 1.29 is 29.3 Å². The van der Waals surface area contributed by atoms with Crippen LogP contribution in [0.2, 0.25) is 0 Å². The maximum absolute atomic E-state index is 10.4. The number of nitrogens with two attached hydrogens (primary N) is 1. The van der Waals surface area contributed by atoms with Crippen LogP contribution in [0.4, 0.5) is 0 Å². The number of esters is 1. The van der Waals surface area contributed by atoms with Crippen molar-refractivity contribution in [2.24, 2.45) is 5.73 Å². The maximum atomic E-state index is 10.4. The third-order valence-corrected chi connectivity index (χ3v) is 1.08. The Morgan fingerprint density at radius 2 is 1.92 bits per heavy atom. The van der Waals surface area contributed by atoms with Crippen molar-refractivity contribution in [3.05, 3.63) is 0 Å². The minimum atomic E-state index is -1.79. The van der Waals surface area contributed by atoms with Gasteiger partial charge >= 0.3 is 11.9 Å². The molecular formula is C6H9NO6. The Bertz CT molecular complexity index is 225. The van der Waals surface area contributed by atoms with Crippen LogP contribution in [-0.2, 0) is 19.1 Å². The molecular weight excluding hydrogens is 182 g/mol. The summed E-state index contributed by atoms with van der Waals surface area (Å²) in [5.41, 5.74) is 4.73. The largest absolute Gasteiger partial charge is 0.473 e. The van der Waals surface area contributed by atoms with E-state index < -0.39 is 37.0 Å². The number of aliphatic hydroxyl groups excluding tert-OH is 1. The van der Waals surface area contributed by atoms with Gasteiger partial charge in [-0.25, -0.2) is 9.59 Å². The van der Waals surface area contributed by atoms with E-state index in [0.29, 0.717) is 0 Å². The van der Waals surface area contributed by atoms with Crippen LogP contribution < -0.4 is 5.73 Å². The number of primary amides is 1. The van der Waals surface area contributed by atoms with Crippen LogP contribution >= 0.6 is 0 Å². The van der Waals surface area contributed by atoms with Gasteiger partial charge in [0.2, 0.25) is 5.91 Å². The van der Waals surface area contributed by atoms with Gasteiger partial charge in [-0.2, -0.15) is 0 Å². The van der Waals surface area contributed by atoms with Crippen LogP contribution in [0.1, 0.15) is 6.42 Å². The lowest BCUT2D eigenvalue weighted by Gasteiger charge is -2.11. The molecule has 0 fully saturated rings. The van der Waals surface area contributed by atoms with Crippen LogP contribution in [0.15, 0.2) is 0 Å². The van der Waals surface area contributed by atoms with Crippen LogP contribution in [0.5, 0.6) is 0 Å². The summed E-state index contributed by atoms with van der Waals surface area (Å²) in [6, 6.07) is 0. The van der Waals surface area contributed by atoms with E-state index in [9.17, 15) is 14.4 Å². The number of ether oxygens (including phenoxy) is 1. The van der Waals surface area contributed by atoms with E-state index in [0.717, 1.165) is 0 Å². The Kier molecular flexibility index (Phi) is 4.45. The summed E-state index contributed by atoms with van der Waals surface area (Å²) in [7, 11) is 0. The number of hydrogen-bond acceptors (Lipinski definition) is 5. The molecule has 0 heterocycles. The molecule has 0 radical (unpaired) electrons. The number of carboxylic acid groups (broad SMARTS) is 1. The van der Waals surface area contributed by atoms with E-state index in [4.69, 9.17) is 15.9 Å². The second kappa shape index (κ2) is 5.09. The van der Waals surface area contributed by atoms with Crippen molar-refractivity contribution >= 4 is 17.8 Å². The minimum Gasteiger partial charge on any atom is -0.473 e. The number of carbonyl (C=O) groups is 3. The van der Waals surface area contributed by atoms with Gasteiger partial charge in [-0.05, 0) is 0 Å². The first-order chi connectivity index (χ1) is 5.97. The molecule has 0 bridgehead atoms. The maximum Gasteiger partial charge on any atom is 0.417 e. The van der Waals surface area contributed by atoms with Crippen LogP contribution in [0, 0.1) is 0 Å². The van der Waals surface area contributed by atoms with Crippen molar-refractivity contribution in [3.63, 3.8) is 0 Å². The van der Waals surface area contributed by atoms with Gasteiger partial charge in [0.05, 0.1) is 13.0 Å². The zero-order valence-corrected chi connectivity index (χ0v) is 6.60. The summed E-state index contributed by atoms with van der Waals surface area (Å²) in [6.45, 7) is -0.651. The summed E-state index contributed by atoms with van der Waals surface area (Å²) in [5.74, 6) is -4.11. The zero-order chi connectivity index (χ0) is 10.4. The monoisotopic (exact) mass is 191 g/mol. The molecule has 0 spiro atoms. The van der Waals surface area contributed by atoms with Gasteiger partial charge in [0, 0.05) is 0 Å². The fourth-order valence-corrected chi connectivity index (χ4v) is 0.570. The lowest BCUT2D eigenvalue weighted by Crippen LogP contribution is -2.30. The number of hydrogen-bond donors (Lipinski definition) is 3. The van der Waals surface area contributed by atoms with E-state index in [1.54, 1.807) is 0 Å². The number of amides is 1. The highest BCUT2D eigenvalue weighted by atomic mass is 16.6. The summed E-state index contributed by atoms with van der Waals surface area (Å²) < 4.78 is 4.18. The molecule has 1 atom stereocenters. The van der Waals surface area contributed by atoms with Crippen molar-refractivity contribution in [1.82, 2.24) is 0 Å². The molecule has 0 aromatic rings. The third-order valence-electron chi connectivity index (χ3n) is 1.08. The van der Waals surface area contributed by atoms with E-state index in [1.807, 2.05) is 0 Å². The summed E-state index contributed by atoms with van der Waals surface area (Å²) in [4.78, 5) is 30.7. The van der Waals surface area contributed by atoms with E-state index in [2.05, 4.69) is 4.74 Å². The van der Waals surface area contributed by atoms with Crippen molar-refractivity contribution in [1.29, 1.82) is 0 Å². The molecule has 0 aliphatic heterocycles. The predicted molar refractivity (Wildman–Crippen MR) is 38.4 cm³/mol. The van der Waals surface area contributed by atoms with Crippen LogP contribution in [0.3, 0.4) is 0 Å². The second-order valence-corrected chi connectivity index (χ2v) is 2.19. The molecule has 0 saturated carbocycles. The average molecular weight is 191 g/mol. The third kappa shape index (κ3) is 4.75. The van der Waals surface area contributed by atoms with Crippen LogP contribution in [0.25, 0.3) is 0 Å². The molecule has 0 aliphatic rings. The summed E-state index contributed by atoms with van der Waals surface area (Å²) >= 11 is 0. The molecule has 74 valence electrons. The van der Waals surface area contributed by atoms with Gasteiger partial charge in [0.15, 0.2) is 0 Å². The number of aliphatic hydroxyl groups is 1. The van der Waals surface area contributed by atoms with Gasteiger partial charge in [-0.3, -0.25) is 4.79 Å². The normalized spacial score (nSPS) is 11.8. The molecule has 0 rings (SSSR count). The molecule has 7 nitrogen and oxygen atoms in total. The predicted octanol–water partition coefficient (Wildman–Crippen LogP) is -2.15. The summed E-state index contributed by atoms with van der Waals surface area (Å²) in [6.07, 6.45) is -1.60. The Labute approximate surface area is 73.1 Å². The van der Waals surface area contributed by atoms with E-state index in [1.165, 1.54) is 0 Å². The standard InChI is InChI=1S/C6H9NO6/c7-4(9)1-3(2-8)13-6(12)5(10)11/h3,8H,1-2H2,(H2,7,9)(H,10,11).